The van der Waals surface area contributed by atoms with E-state index in [1.54, 1.807) is 17.4 Å². The Morgan fingerprint density at radius 3 is 2.56 bits per heavy atom. The van der Waals surface area contributed by atoms with Crippen LogP contribution >= 0.6 is 11.3 Å². The number of nitrogens with zero attached hydrogens (tertiary/aromatic N) is 3. The van der Waals surface area contributed by atoms with Crippen molar-refractivity contribution in [2.45, 2.75) is 13.8 Å². The predicted molar refractivity (Wildman–Crippen MR) is 107 cm³/mol. The van der Waals surface area contributed by atoms with E-state index in [0.29, 0.717) is 6.54 Å². The molecule has 0 atom stereocenters. The Balaban J connectivity index is 2.08. The van der Waals surface area contributed by atoms with Crippen molar-refractivity contribution in [1.82, 2.24) is 4.68 Å². The lowest BCUT2D eigenvalue weighted by atomic mass is 10.1. The number of rotatable bonds is 5. The molecule has 2 aromatic carbocycles. The smallest absolute Gasteiger partial charge is 0.206 e. The van der Waals surface area contributed by atoms with Crippen molar-refractivity contribution in [3.8, 4) is 11.3 Å². The maximum Gasteiger partial charge on any atom is 0.206 e. The van der Waals surface area contributed by atoms with Crippen molar-refractivity contribution in [1.29, 1.82) is 0 Å². The molecular weight excluding hydrogens is 326 g/mol. The fourth-order valence-electron chi connectivity index (χ4n) is 2.44. The third kappa shape index (κ3) is 4.03. The molecule has 0 radical (unpaired) electrons. The van der Waals surface area contributed by atoms with E-state index in [9.17, 15) is 0 Å². The summed E-state index contributed by atoms with van der Waals surface area (Å²) in [5.41, 5.74) is 5.71. The van der Waals surface area contributed by atoms with E-state index in [1.165, 1.54) is 11.1 Å². The van der Waals surface area contributed by atoms with Crippen LogP contribution in [0.3, 0.4) is 0 Å². The Labute approximate surface area is 152 Å². The van der Waals surface area contributed by atoms with Crippen molar-refractivity contribution >= 4 is 17.6 Å². The van der Waals surface area contributed by atoms with Gasteiger partial charge in [-0.15, -0.1) is 17.9 Å². The van der Waals surface area contributed by atoms with Crippen LogP contribution in [0.25, 0.3) is 11.3 Å². The molecule has 3 nitrogen and oxygen atoms in total. The zero-order chi connectivity index (χ0) is 17.6. The highest BCUT2D eigenvalue weighted by Crippen LogP contribution is 2.20. The highest BCUT2D eigenvalue weighted by Gasteiger charge is 2.07. The summed E-state index contributed by atoms with van der Waals surface area (Å²) in [5, 5.41) is 6.82. The molecule has 4 heteroatoms. The molecule has 25 heavy (non-hydrogen) atoms. The van der Waals surface area contributed by atoms with Crippen LogP contribution < -0.4 is 4.80 Å². The zero-order valence-corrected chi connectivity index (χ0v) is 15.3. The number of thiazole rings is 1. The fourth-order valence-corrected chi connectivity index (χ4v) is 3.28. The molecular formula is C21H21N3S. The number of aryl methyl sites for hydroxylation is 2. The average molecular weight is 347 g/mol. The summed E-state index contributed by atoms with van der Waals surface area (Å²) in [6.07, 6.45) is 3.69. The first kappa shape index (κ1) is 17.1. The van der Waals surface area contributed by atoms with E-state index >= 15 is 0 Å². The van der Waals surface area contributed by atoms with Crippen LogP contribution in [0.4, 0.5) is 0 Å². The van der Waals surface area contributed by atoms with Gasteiger partial charge < -0.3 is 0 Å². The lowest BCUT2D eigenvalue weighted by molar-refractivity contribution is 0.840. The predicted octanol–water partition coefficient (Wildman–Crippen LogP) is 4.80. The van der Waals surface area contributed by atoms with Crippen LogP contribution in [-0.4, -0.2) is 17.4 Å². The van der Waals surface area contributed by atoms with Gasteiger partial charge in [0.15, 0.2) is 0 Å². The van der Waals surface area contributed by atoms with Crippen molar-refractivity contribution in [3.05, 3.63) is 88.1 Å². The summed E-state index contributed by atoms with van der Waals surface area (Å²) in [4.78, 5) is 5.43. The van der Waals surface area contributed by atoms with Gasteiger partial charge >= 0.3 is 0 Å². The zero-order valence-electron chi connectivity index (χ0n) is 14.5. The van der Waals surface area contributed by atoms with Gasteiger partial charge in [0.25, 0.3) is 0 Å². The number of benzene rings is 2. The van der Waals surface area contributed by atoms with Crippen LogP contribution in [0.5, 0.6) is 0 Å². The van der Waals surface area contributed by atoms with Gasteiger partial charge in [-0.1, -0.05) is 60.2 Å². The fraction of sp³-hybridized carbons (Fsp3) is 0.143. The first-order chi connectivity index (χ1) is 12.2. The standard InChI is InChI=1S/C21H21N3S/c1-4-13-22-21-24(23-14-19-8-6-5-7-17(19)3)20(15-25-21)18-11-9-16(2)10-12-18/h4-12,14-15H,1,13H2,2-3H3. The van der Waals surface area contributed by atoms with Gasteiger partial charge in [-0.3, -0.25) is 4.99 Å². The second kappa shape index (κ2) is 7.90. The molecule has 3 aromatic rings. The van der Waals surface area contributed by atoms with Crippen molar-refractivity contribution in [2.24, 2.45) is 10.1 Å². The van der Waals surface area contributed by atoms with Crippen LogP contribution in [-0.2, 0) is 0 Å². The molecule has 0 saturated carbocycles. The Hall–Kier alpha value is -2.72. The van der Waals surface area contributed by atoms with Crippen LogP contribution in [0.15, 0.2) is 76.7 Å². The maximum atomic E-state index is 4.72. The molecule has 0 amide bonds. The molecule has 1 aromatic heterocycles. The van der Waals surface area contributed by atoms with E-state index < -0.39 is 0 Å². The van der Waals surface area contributed by atoms with Gasteiger partial charge in [-0.05, 0) is 25.0 Å². The van der Waals surface area contributed by atoms with E-state index in [4.69, 9.17) is 5.10 Å². The van der Waals surface area contributed by atoms with Crippen LogP contribution in [0.2, 0.25) is 0 Å². The SMILES string of the molecule is C=CCN=c1scc(-c2ccc(C)cc2)n1N=Cc1ccccc1C. The first-order valence-corrected chi connectivity index (χ1v) is 9.06. The molecule has 1 heterocycles. The molecule has 3 rings (SSSR count). The third-order valence-electron chi connectivity index (χ3n) is 3.89. The number of hydrogen-bond acceptors (Lipinski definition) is 3. The van der Waals surface area contributed by atoms with Crippen molar-refractivity contribution in [3.63, 3.8) is 0 Å². The summed E-state index contributed by atoms with van der Waals surface area (Å²) < 4.78 is 1.91. The molecule has 0 aliphatic carbocycles. The average Bonchev–Trinajstić information content (AvgIpc) is 3.02. The Kier molecular flexibility index (Phi) is 5.41. The minimum absolute atomic E-state index is 0.577. The normalized spacial score (nSPS) is 12.0. The minimum Gasteiger partial charge on any atom is -0.253 e. The first-order valence-electron chi connectivity index (χ1n) is 8.18. The lowest BCUT2D eigenvalue weighted by Crippen LogP contribution is -2.12. The molecule has 0 unspecified atom stereocenters. The summed E-state index contributed by atoms with van der Waals surface area (Å²) in [6, 6.07) is 16.7. The van der Waals surface area contributed by atoms with Crippen molar-refractivity contribution in [2.75, 3.05) is 6.54 Å². The summed E-state index contributed by atoms with van der Waals surface area (Å²) in [7, 11) is 0. The van der Waals surface area contributed by atoms with E-state index in [0.717, 1.165) is 21.6 Å². The molecule has 0 aliphatic heterocycles. The van der Waals surface area contributed by atoms with Gasteiger partial charge in [0.1, 0.15) is 0 Å². The highest BCUT2D eigenvalue weighted by atomic mass is 32.1. The molecule has 0 spiro atoms. The molecule has 0 aliphatic rings. The van der Waals surface area contributed by atoms with Gasteiger partial charge in [0.2, 0.25) is 4.80 Å². The van der Waals surface area contributed by atoms with E-state index in [1.807, 2.05) is 23.0 Å². The van der Waals surface area contributed by atoms with Gasteiger partial charge in [-0.25, -0.2) is 4.68 Å². The highest BCUT2D eigenvalue weighted by molar-refractivity contribution is 7.07. The second-order valence-corrected chi connectivity index (χ2v) is 6.65. The molecule has 126 valence electrons. The minimum atomic E-state index is 0.577. The molecule has 0 saturated heterocycles. The van der Waals surface area contributed by atoms with E-state index in [2.05, 4.69) is 67.2 Å². The Morgan fingerprint density at radius 1 is 1.08 bits per heavy atom. The summed E-state index contributed by atoms with van der Waals surface area (Å²) in [6.45, 7) is 8.50. The lowest BCUT2D eigenvalue weighted by Gasteiger charge is -2.05. The largest absolute Gasteiger partial charge is 0.253 e. The molecule has 0 fully saturated rings. The van der Waals surface area contributed by atoms with Gasteiger partial charge in [0, 0.05) is 10.9 Å². The van der Waals surface area contributed by atoms with Crippen LogP contribution in [0, 0.1) is 13.8 Å². The van der Waals surface area contributed by atoms with Crippen LogP contribution in [0.1, 0.15) is 16.7 Å². The summed E-state index contributed by atoms with van der Waals surface area (Å²) in [5.74, 6) is 0. The Bertz CT molecular complexity index is 959. The quantitative estimate of drug-likeness (QED) is 0.469. The van der Waals surface area contributed by atoms with Gasteiger partial charge in [0.05, 0.1) is 18.5 Å². The number of aromatic nitrogens is 1. The van der Waals surface area contributed by atoms with Gasteiger partial charge in [-0.2, -0.15) is 5.10 Å². The third-order valence-corrected chi connectivity index (χ3v) is 4.74. The topological polar surface area (TPSA) is 29.6 Å². The van der Waals surface area contributed by atoms with E-state index in [-0.39, 0.29) is 0 Å². The van der Waals surface area contributed by atoms with Crippen molar-refractivity contribution < 1.29 is 0 Å². The number of hydrogen-bond donors (Lipinski definition) is 0. The molecule has 0 N–H and O–H groups in total. The summed E-state index contributed by atoms with van der Waals surface area (Å²) >= 11 is 1.59. The Morgan fingerprint density at radius 2 is 1.84 bits per heavy atom. The maximum absolute atomic E-state index is 4.72. The monoisotopic (exact) mass is 347 g/mol. The molecule has 0 bridgehead atoms. The second-order valence-electron chi connectivity index (χ2n) is 5.81.